The van der Waals surface area contributed by atoms with Crippen LogP contribution < -0.4 is 5.32 Å². The normalized spacial score (nSPS) is 16.9. The number of nitrogens with one attached hydrogen (secondary N) is 1. The average Bonchev–Trinajstić information content (AvgIpc) is 2.42. The summed E-state index contributed by atoms with van der Waals surface area (Å²) in [7, 11) is 1.97. The molecule has 1 aliphatic rings. The van der Waals surface area contributed by atoms with Gasteiger partial charge in [-0.15, -0.1) is 0 Å². The third-order valence-corrected chi connectivity index (χ3v) is 3.44. The van der Waals surface area contributed by atoms with E-state index < -0.39 is 0 Å². The topological polar surface area (TPSA) is 30.5 Å². The second kappa shape index (κ2) is 7.52. The van der Waals surface area contributed by atoms with Gasteiger partial charge in [0.1, 0.15) is 0 Å². The Morgan fingerprint density at radius 3 is 2.67 bits per heavy atom. The van der Waals surface area contributed by atoms with E-state index in [0.29, 0.717) is 5.92 Å². The van der Waals surface area contributed by atoms with E-state index in [9.17, 15) is 0 Å². The Bertz CT molecular complexity index is 348. The molecule has 1 aliphatic heterocycles. The Labute approximate surface area is 109 Å². The Morgan fingerprint density at radius 1 is 1.22 bits per heavy atom. The van der Waals surface area contributed by atoms with Crippen LogP contribution >= 0.6 is 0 Å². The molecule has 0 atom stereocenters. The van der Waals surface area contributed by atoms with Gasteiger partial charge in [-0.25, -0.2) is 0 Å². The molecule has 100 valence electrons. The van der Waals surface area contributed by atoms with Crippen molar-refractivity contribution in [1.82, 2.24) is 5.32 Å². The number of benzene rings is 1. The molecule has 0 saturated carbocycles. The van der Waals surface area contributed by atoms with Gasteiger partial charge in [-0.2, -0.15) is 0 Å². The maximum absolute atomic E-state index is 5.86. The lowest BCUT2D eigenvalue weighted by atomic mass is 10.0. The minimum Gasteiger partial charge on any atom is -0.381 e. The number of ether oxygens (including phenoxy) is 2. The van der Waals surface area contributed by atoms with Gasteiger partial charge in [0.25, 0.3) is 0 Å². The molecule has 2 rings (SSSR count). The zero-order valence-electron chi connectivity index (χ0n) is 11.2. The van der Waals surface area contributed by atoms with Crippen LogP contribution in [0.1, 0.15) is 24.0 Å². The molecule has 0 unspecified atom stereocenters. The molecular formula is C15H23NO2. The first kappa shape index (κ1) is 13.5. The van der Waals surface area contributed by atoms with Gasteiger partial charge >= 0.3 is 0 Å². The van der Waals surface area contributed by atoms with Crippen LogP contribution in [0.2, 0.25) is 0 Å². The van der Waals surface area contributed by atoms with E-state index in [4.69, 9.17) is 9.47 Å². The summed E-state index contributed by atoms with van der Waals surface area (Å²) in [5.41, 5.74) is 2.62. The average molecular weight is 249 g/mol. The minimum absolute atomic E-state index is 0.676. The van der Waals surface area contributed by atoms with Crippen molar-refractivity contribution in [3.05, 3.63) is 35.4 Å². The van der Waals surface area contributed by atoms with Gasteiger partial charge < -0.3 is 14.8 Å². The van der Waals surface area contributed by atoms with Crippen molar-refractivity contribution >= 4 is 0 Å². The van der Waals surface area contributed by atoms with Crippen molar-refractivity contribution in [2.75, 3.05) is 26.9 Å². The Kier molecular flexibility index (Phi) is 5.65. The highest BCUT2D eigenvalue weighted by molar-refractivity contribution is 5.26. The molecular weight excluding hydrogens is 226 g/mol. The molecule has 3 heteroatoms. The first-order chi connectivity index (χ1) is 8.90. The van der Waals surface area contributed by atoms with E-state index in [1.807, 2.05) is 7.05 Å². The molecule has 1 aromatic carbocycles. The van der Waals surface area contributed by atoms with E-state index in [2.05, 4.69) is 29.6 Å². The monoisotopic (exact) mass is 249 g/mol. The lowest BCUT2D eigenvalue weighted by Gasteiger charge is -2.22. The molecule has 18 heavy (non-hydrogen) atoms. The van der Waals surface area contributed by atoms with Crippen molar-refractivity contribution in [3.8, 4) is 0 Å². The summed E-state index contributed by atoms with van der Waals surface area (Å²) < 4.78 is 11.2. The fourth-order valence-electron chi connectivity index (χ4n) is 2.31. The van der Waals surface area contributed by atoms with Crippen LogP contribution in [0.4, 0.5) is 0 Å². The molecule has 1 fully saturated rings. The summed E-state index contributed by atoms with van der Waals surface area (Å²) >= 11 is 0. The highest BCUT2D eigenvalue weighted by Crippen LogP contribution is 2.16. The molecule has 1 N–H and O–H groups in total. The van der Waals surface area contributed by atoms with Gasteiger partial charge in [-0.3, -0.25) is 0 Å². The zero-order chi connectivity index (χ0) is 12.6. The molecule has 1 saturated heterocycles. The minimum atomic E-state index is 0.676. The summed E-state index contributed by atoms with van der Waals surface area (Å²) in [5.74, 6) is 0.676. The lowest BCUT2D eigenvalue weighted by molar-refractivity contribution is 0.0156. The first-order valence-corrected chi connectivity index (χ1v) is 6.77. The summed E-state index contributed by atoms with van der Waals surface area (Å²) in [4.78, 5) is 0. The molecule has 0 aromatic heterocycles. The third kappa shape index (κ3) is 4.09. The van der Waals surface area contributed by atoms with Crippen molar-refractivity contribution in [3.63, 3.8) is 0 Å². The SMILES string of the molecule is CNCc1ccccc1COCC1CCOCC1. The fraction of sp³-hybridized carbons (Fsp3) is 0.600. The maximum Gasteiger partial charge on any atom is 0.0720 e. The van der Waals surface area contributed by atoms with E-state index in [1.165, 1.54) is 11.1 Å². The largest absolute Gasteiger partial charge is 0.381 e. The lowest BCUT2D eigenvalue weighted by Crippen LogP contribution is -2.20. The standard InChI is InChI=1S/C15H23NO2/c1-16-10-14-4-2-3-5-15(14)12-18-11-13-6-8-17-9-7-13/h2-5,13,16H,6-12H2,1H3. The number of rotatable bonds is 6. The molecule has 3 nitrogen and oxygen atoms in total. The van der Waals surface area contributed by atoms with E-state index in [0.717, 1.165) is 45.8 Å². The van der Waals surface area contributed by atoms with Crippen LogP contribution in [0, 0.1) is 5.92 Å². The highest BCUT2D eigenvalue weighted by Gasteiger charge is 2.13. The van der Waals surface area contributed by atoms with Crippen LogP contribution in [0.3, 0.4) is 0 Å². The second-order valence-electron chi connectivity index (χ2n) is 4.87. The molecule has 0 bridgehead atoms. The Balaban J connectivity index is 1.78. The first-order valence-electron chi connectivity index (χ1n) is 6.77. The van der Waals surface area contributed by atoms with E-state index >= 15 is 0 Å². The summed E-state index contributed by atoms with van der Waals surface area (Å²) in [6.07, 6.45) is 2.27. The van der Waals surface area contributed by atoms with Crippen LogP contribution in [0.25, 0.3) is 0 Å². The van der Waals surface area contributed by atoms with Gasteiger partial charge in [0.15, 0.2) is 0 Å². The van der Waals surface area contributed by atoms with Crippen molar-refractivity contribution in [1.29, 1.82) is 0 Å². The molecule has 0 spiro atoms. The highest BCUT2D eigenvalue weighted by atomic mass is 16.5. The third-order valence-electron chi connectivity index (χ3n) is 3.44. The van der Waals surface area contributed by atoms with E-state index in [1.54, 1.807) is 0 Å². The van der Waals surface area contributed by atoms with Crippen LogP contribution in [-0.2, 0) is 22.6 Å². The molecule has 0 aliphatic carbocycles. The van der Waals surface area contributed by atoms with Crippen molar-refractivity contribution < 1.29 is 9.47 Å². The van der Waals surface area contributed by atoms with Gasteiger partial charge in [-0.1, -0.05) is 24.3 Å². The van der Waals surface area contributed by atoms with Gasteiger partial charge in [0.2, 0.25) is 0 Å². The van der Waals surface area contributed by atoms with Gasteiger partial charge in [0, 0.05) is 19.8 Å². The smallest absolute Gasteiger partial charge is 0.0720 e. The van der Waals surface area contributed by atoms with Crippen LogP contribution in [-0.4, -0.2) is 26.9 Å². The second-order valence-corrected chi connectivity index (χ2v) is 4.87. The summed E-state index contributed by atoms with van der Waals surface area (Å²) in [5, 5.41) is 3.19. The Hall–Kier alpha value is -0.900. The van der Waals surface area contributed by atoms with Gasteiger partial charge in [0.05, 0.1) is 13.2 Å². The summed E-state index contributed by atoms with van der Waals surface area (Å²) in [6, 6.07) is 8.46. The Morgan fingerprint density at radius 2 is 1.94 bits per heavy atom. The van der Waals surface area contributed by atoms with Crippen molar-refractivity contribution in [2.45, 2.75) is 26.0 Å². The predicted octanol–water partition coefficient (Wildman–Crippen LogP) is 2.35. The zero-order valence-corrected chi connectivity index (χ0v) is 11.2. The molecule has 1 aromatic rings. The fourth-order valence-corrected chi connectivity index (χ4v) is 2.31. The van der Waals surface area contributed by atoms with Crippen LogP contribution in [0.15, 0.2) is 24.3 Å². The van der Waals surface area contributed by atoms with E-state index in [-0.39, 0.29) is 0 Å². The molecule has 0 amide bonds. The number of hydrogen-bond donors (Lipinski definition) is 1. The molecule has 0 radical (unpaired) electrons. The van der Waals surface area contributed by atoms with Crippen LogP contribution in [0.5, 0.6) is 0 Å². The summed E-state index contributed by atoms with van der Waals surface area (Å²) in [6.45, 7) is 4.26. The molecule has 1 heterocycles. The predicted molar refractivity (Wildman–Crippen MR) is 72.4 cm³/mol. The maximum atomic E-state index is 5.86. The number of hydrogen-bond acceptors (Lipinski definition) is 3. The van der Waals surface area contributed by atoms with Gasteiger partial charge in [-0.05, 0) is 36.9 Å². The van der Waals surface area contributed by atoms with Crippen molar-refractivity contribution in [2.24, 2.45) is 5.92 Å². The quantitative estimate of drug-likeness (QED) is 0.839.